The summed E-state index contributed by atoms with van der Waals surface area (Å²) in [5.41, 5.74) is 4.24. The van der Waals surface area contributed by atoms with Gasteiger partial charge in [-0.2, -0.15) is 0 Å². The minimum Gasteiger partial charge on any atom is -0.457 e. The summed E-state index contributed by atoms with van der Waals surface area (Å²) >= 11 is 0. The molecule has 30 heavy (non-hydrogen) atoms. The van der Waals surface area contributed by atoms with Gasteiger partial charge in [-0.25, -0.2) is 4.79 Å². The highest BCUT2D eigenvalue weighted by atomic mass is 16.6. The fraction of sp³-hybridized carbons (Fsp3) is 0.519. The van der Waals surface area contributed by atoms with Gasteiger partial charge in [0.1, 0.15) is 6.10 Å². The first-order valence-electron chi connectivity index (χ1n) is 11.6. The van der Waals surface area contributed by atoms with Crippen LogP contribution in [0.3, 0.4) is 0 Å². The zero-order chi connectivity index (χ0) is 21.6. The molecule has 2 aromatic rings. The van der Waals surface area contributed by atoms with Crippen LogP contribution in [0.4, 0.5) is 0 Å². The van der Waals surface area contributed by atoms with E-state index in [1.807, 2.05) is 31.2 Å². The van der Waals surface area contributed by atoms with E-state index >= 15 is 0 Å². The lowest BCUT2D eigenvalue weighted by Gasteiger charge is -2.14. The van der Waals surface area contributed by atoms with Crippen LogP contribution in [0, 0.1) is 0 Å². The molecule has 0 radical (unpaired) electrons. The molecule has 2 aromatic carbocycles. The van der Waals surface area contributed by atoms with Gasteiger partial charge in [0.2, 0.25) is 0 Å². The fourth-order valence-electron chi connectivity index (χ4n) is 3.38. The van der Waals surface area contributed by atoms with Gasteiger partial charge in [-0.15, -0.1) is 0 Å². The van der Waals surface area contributed by atoms with Crippen LogP contribution in [-0.4, -0.2) is 25.3 Å². The van der Waals surface area contributed by atoms with Crippen LogP contribution in [0.2, 0.25) is 0 Å². The Morgan fingerprint density at radius 3 is 2.03 bits per heavy atom. The third-order valence-corrected chi connectivity index (χ3v) is 5.28. The van der Waals surface area contributed by atoms with Crippen molar-refractivity contribution in [3.63, 3.8) is 0 Å². The van der Waals surface area contributed by atoms with Crippen LogP contribution in [0.1, 0.15) is 81.6 Å². The normalized spacial score (nSPS) is 12.0. The Morgan fingerprint density at radius 2 is 1.40 bits per heavy atom. The molecule has 0 aromatic heterocycles. The van der Waals surface area contributed by atoms with Gasteiger partial charge < -0.3 is 9.47 Å². The number of carbonyl (C=O) groups is 1. The highest BCUT2D eigenvalue weighted by Gasteiger charge is 2.12. The van der Waals surface area contributed by atoms with Crippen LogP contribution in [-0.2, 0) is 15.9 Å². The van der Waals surface area contributed by atoms with Gasteiger partial charge in [-0.05, 0) is 55.0 Å². The molecule has 1 unspecified atom stereocenters. The molecule has 0 aliphatic heterocycles. The molecule has 0 heterocycles. The molecule has 0 bridgehead atoms. The van der Waals surface area contributed by atoms with Crippen LogP contribution in [0.25, 0.3) is 11.1 Å². The Kier molecular flexibility index (Phi) is 11.2. The third-order valence-electron chi connectivity index (χ3n) is 5.28. The maximum atomic E-state index is 12.3. The van der Waals surface area contributed by atoms with Crippen molar-refractivity contribution < 1.29 is 14.3 Å². The van der Waals surface area contributed by atoms with Crippen molar-refractivity contribution >= 4 is 5.97 Å². The van der Waals surface area contributed by atoms with Crippen molar-refractivity contribution in [2.24, 2.45) is 0 Å². The van der Waals surface area contributed by atoms with Crippen molar-refractivity contribution in [3.8, 4) is 11.1 Å². The first-order valence-corrected chi connectivity index (χ1v) is 11.6. The van der Waals surface area contributed by atoms with Crippen LogP contribution < -0.4 is 0 Å². The first kappa shape index (κ1) is 24.1. The Labute approximate surface area is 182 Å². The summed E-state index contributed by atoms with van der Waals surface area (Å²) < 4.78 is 11.0. The zero-order valence-corrected chi connectivity index (χ0v) is 19.0. The second-order valence-corrected chi connectivity index (χ2v) is 8.08. The quantitative estimate of drug-likeness (QED) is 0.243. The standard InChI is InChI=1S/C27H38O3/c1-4-6-8-9-10-11-23-12-14-24(15-13-23)25-16-18-26(19-17-25)27(28)30-22(3)21-29-20-7-5-2/h12-19,22H,4-11,20-21H2,1-3H3. The minimum atomic E-state index is -0.299. The second-order valence-electron chi connectivity index (χ2n) is 8.08. The number of benzene rings is 2. The molecule has 0 amide bonds. The number of hydrogen-bond donors (Lipinski definition) is 0. The molecule has 0 aliphatic rings. The highest BCUT2D eigenvalue weighted by molar-refractivity contribution is 5.90. The van der Waals surface area contributed by atoms with Gasteiger partial charge in [0.15, 0.2) is 0 Å². The van der Waals surface area contributed by atoms with Crippen molar-refractivity contribution in [1.82, 2.24) is 0 Å². The monoisotopic (exact) mass is 410 g/mol. The van der Waals surface area contributed by atoms with Crippen molar-refractivity contribution in [3.05, 3.63) is 59.7 Å². The number of unbranched alkanes of at least 4 members (excludes halogenated alkanes) is 5. The van der Waals surface area contributed by atoms with Crippen LogP contribution in [0.15, 0.2) is 48.5 Å². The number of esters is 1. The summed E-state index contributed by atoms with van der Waals surface area (Å²) in [6.07, 6.45) is 9.58. The maximum Gasteiger partial charge on any atom is 0.338 e. The molecule has 0 aliphatic carbocycles. The van der Waals surface area contributed by atoms with Gasteiger partial charge in [0.05, 0.1) is 12.2 Å². The van der Waals surface area contributed by atoms with Gasteiger partial charge in [0.25, 0.3) is 0 Å². The lowest BCUT2D eigenvalue weighted by molar-refractivity contribution is 0.00169. The van der Waals surface area contributed by atoms with Crippen molar-refractivity contribution in [2.45, 2.75) is 78.2 Å². The summed E-state index contributed by atoms with van der Waals surface area (Å²) in [6, 6.07) is 16.4. The van der Waals surface area contributed by atoms with E-state index in [0.717, 1.165) is 24.8 Å². The van der Waals surface area contributed by atoms with E-state index in [4.69, 9.17) is 9.47 Å². The van der Waals surface area contributed by atoms with Crippen molar-refractivity contribution in [1.29, 1.82) is 0 Å². The van der Waals surface area contributed by atoms with Crippen LogP contribution >= 0.6 is 0 Å². The number of hydrogen-bond acceptors (Lipinski definition) is 3. The van der Waals surface area contributed by atoms with E-state index < -0.39 is 0 Å². The Hall–Kier alpha value is -2.13. The van der Waals surface area contributed by atoms with E-state index in [2.05, 4.69) is 38.1 Å². The molecule has 0 saturated heterocycles. The molecule has 3 nitrogen and oxygen atoms in total. The lowest BCUT2D eigenvalue weighted by Crippen LogP contribution is -2.20. The van der Waals surface area contributed by atoms with Gasteiger partial charge in [-0.1, -0.05) is 82.3 Å². The molecular formula is C27H38O3. The SMILES string of the molecule is CCCCCCCc1ccc(-c2ccc(C(=O)OC(C)COCCCC)cc2)cc1. The fourth-order valence-corrected chi connectivity index (χ4v) is 3.38. The predicted octanol–water partition coefficient (Wildman–Crippen LogP) is 7.23. The molecule has 164 valence electrons. The number of carbonyl (C=O) groups excluding carboxylic acids is 1. The van der Waals surface area contributed by atoms with Crippen molar-refractivity contribution in [2.75, 3.05) is 13.2 Å². The van der Waals surface area contributed by atoms with E-state index in [9.17, 15) is 4.79 Å². The second kappa shape index (κ2) is 14.0. The Bertz CT molecular complexity index is 719. The number of ether oxygens (including phenoxy) is 2. The molecule has 0 N–H and O–H groups in total. The Balaban J connectivity index is 1.82. The molecule has 3 heteroatoms. The first-order chi connectivity index (χ1) is 14.6. The summed E-state index contributed by atoms with van der Waals surface area (Å²) in [5, 5.41) is 0. The Morgan fingerprint density at radius 1 is 0.800 bits per heavy atom. The predicted molar refractivity (Wildman–Crippen MR) is 125 cm³/mol. The number of aryl methyl sites for hydroxylation is 1. The summed E-state index contributed by atoms with van der Waals surface area (Å²) in [5.74, 6) is -0.299. The lowest BCUT2D eigenvalue weighted by atomic mass is 10.00. The smallest absolute Gasteiger partial charge is 0.338 e. The molecule has 2 rings (SSSR count). The average Bonchev–Trinajstić information content (AvgIpc) is 2.77. The third kappa shape index (κ3) is 8.71. The van der Waals surface area contributed by atoms with E-state index in [0.29, 0.717) is 18.8 Å². The van der Waals surface area contributed by atoms with Crippen LogP contribution in [0.5, 0.6) is 0 Å². The molecular weight excluding hydrogens is 372 g/mol. The molecule has 0 spiro atoms. The highest BCUT2D eigenvalue weighted by Crippen LogP contribution is 2.21. The zero-order valence-electron chi connectivity index (χ0n) is 19.0. The summed E-state index contributed by atoms with van der Waals surface area (Å²) in [7, 11) is 0. The van der Waals surface area contributed by atoms with E-state index in [-0.39, 0.29) is 12.1 Å². The van der Waals surface area contributed by atoms with Gasteiger partial charge >= 0.3 is 5.97 Å². The van der Waals surface area contributed by atoms with E-state index in [1.165, 1.54) is 43.2 Å². The largest absolute Gasteiger partial charge is 0.457 e. The topological polar surface area (TPSA) is 35.5 Å². The minimum absolute atomic E-state index is 0.247. The van der Waals surface area contributed by atoms with Gasteiger partial charge in [-0.3, -0.25) is 0 Å². The summed E-state index contributed by atoms with van der Waals surface area (Å²) in [6.45, 7) is 7.39. The molecule has 0 fully saturated rings. The number of rotatable bonds is 14. The molecule has 0 saturated carbocycles. The maximum absolute atomic E-state index is 12.3. The van der Waals surface area contributed by atoms with Gasteiger partial charge in [0, 0.05) is 6.61 Å². The van der Waals surface area contributed by atoms with E-state index in [1.54, 1.807) is 0 Å². The molecule has 1 atom stereocenters. The summed E-state index contributed by atoms with van der Waals surface area (Å²) in [4.78, 5) is 12.3. The average molecular weight is 411 g/mol.